The van der Waals surface area contributed by atoms with E-state index in [0.29, 0.717) is 12.5 Å². The largest absolute Gasteiger partial charge is 0.396 e. The molecule has 5 nitrogen and oxygen atoms in total. The van der Waals surface area contributed by atoms with E-state index in [1.54, 1.807) is 6.07 Å². The monoisotopic (exact) mass is 258 g/mol. The van der Waals surface area contributed by atoms with Gasteiger partial charge < -0.3 is 10.4 Å². The average Bonchev–Trinajstić information content (AvgIpc) is 2.77. The highest BCUT2D eigenvalue weighted by Gasteiger charge is 2.08. The van der Waals surface area contributed by atoms with E-state index in [4.69, 9.17) is 5.11 Å². The normalized spacial score (nSPS) is 12.6. The zero-order chi connectivity index (χ0) is 12.7. The molecule has 1 aromatic rings. The molecule has 0 saturated heterocycles. The van der Waals surface area contributed by atoms with Crippen LogP contribution in [0.15, 0.2) is 11.4 Å². The Morgan fingerprint density at radius 2 is 2.41 bits per heavy atom. The second-order valence-electron chi connectivity index (χ2n) is 4.16. The van der Waals surface area contributed by atoms with E-state index < -0.39 is 0 Å². The van der Waals surface area contributed by atoms with Gasteiger partial charge in [0.2, 0.25) is 0 Å². The maximum atomic E-state index is 10.5. The summed E-state index contributed by atoms with van der Waals surface area (Å²) in [5.41, 5.74) is 0.955. The number of hydrogen-bond acceptors (Lipinski definition) is 5. The Kier molecular flexibility index (Phi) is 6.10. The smallest absolute Gasteiger partial charge is 0.324 e. The van der Waals surface area contributed by atoms with Crippen LogP contribution < -0.4 is 5.32 Å². The van der Waals surface area contributed by atoms with Crippen molar-refractivity contribution in [1.29, 1.82) is 0 Å². The molecule has 0 saturated carbocycles. The third-order valence-electron chi connectivity index (χ3n) is 2.51. The first-order valence-electron chi connectivity index (χ1n) is 5.67. The summed E-state index contributed by atoms with van der Waals surface area (Å²) in [6.07, 6.45) is 2.00. The number of hydrogen-bond donors (Lipinski definition) is 2. The van der Waals surface area contributed by atoms with Crippen LogP contribution in [-0.4, -0.2) is 23.2 Å². The highest BCUT2D eigenvalue weighted by atomic mass is 32.1. The maximum Gasteiger partial charge on any atom is 0.324 e. The summed E-state index contributed by atoms with van der Waals surface area (Å²) in [6, 6.07) is 1.61. The van der Waals surface area contributed by atoms with E-state index in [1.165, 1.54) is 0 Å². The third kappa shape index (κ3) is 5.25. The standard InChI is InChI=1S/C11H18N2O3S/c1-9(7-14)3-2-4-12-6-10-5-11(13(15)16)17-8-10/h5,8-9,12,14H,2-4,6-7H2,1H3. The Labute approximate surface area is 105 Å². The minimum absolute atomic E-state index is 0.190. The molecule has 1 heterocycles. The highest BCUT2D eigenvalue weighted by molar-refractivity contribution is 7.13. The van der Waals surface area contributed by atoms with Crippen LogP contribution in [0.25, 0.3) is 0 Å². The van der Waals surface area contributed by atoms with Gasteiger partial charge in [-0.1, -0.05) is 18.3 Å². The van der Waals surface area contributed by atoms with E-state index in [9.17, 15) is 10.1 Å². The Bertz CT molecular complexity index is 354. The lowest BCUT2D eigenvalue weighted by atomic mass is 10.1. The minimum atomic E-state index is -0.364. The molecule has 1 atom stereocenters. The zero-order valence-electron chi connectivity index (χ0n) is 9.89. The predicted molar refractivity (Wildman–Crippen MR) is 68.2 cm³/mol. The summed E-state index contributed by atoms with van der Waals surface area (Å²) < 4.78 is 0. The fraction of sp³-hybridized carbons (Fsp3) is 0.636. The zero-order valence-corrected chi connectivity index (χ0v) is 10.7. The lowest BCUT2D eigenvalue weighted by Crippen LogP contribution is -2.15. The first kappa shape index (κ1) is 14.1. The first-order valence-corrected chi connectivity index (χ1v) is 6.54. The van der Waals surface area contributed by atoms with Crippen LogP contribution >= 0.6 is 11.3 Å². The van der Waals surface area contributed by atoms with Gasteiger partial charge in [0, 0.05) is 24.6 Å². The fourth-order valence-electron chi connectivity index (χ4n) is 1.45. The lowest BCUT2D eigenvalue weighted by molar-refractivity contribution is -0.380. The van der Waals surface area contributed by atoms with Crippen LogP contribution in [-0.2, 0) is 6.54 Å². The average molecular weight is 258 g/mol. The molecule has 0 aliphatic carbocycles. The quantitative estimate of drug-likeness (QED) is 0.425. The molecule has 1 rings (SSSR count). The van der Waals surface area contributed by atoms with Gasteiger partial charge >= 0.3 is 5.00 Å². The molecule has 0 aliphatic heterocycles. The summed E-state index contributed by atoms with van der Waals surface area (Å²) in [7, 11) is 0. The Morgan fingerprint density at radius 1 is 1.65 bits per heavy atom. The molecule has 2 N–H and O–H groups in total. The predicted octanol–water partition coefficient (Wildman–Crippen LogP) is 2.15. The number of thiophene rings is 1. The van der Waals surface area contributed by atoms with Gasteiger partial charge in [-0.15, -0.1) is 0 Å². The van der Waals surface area contributed by atoms with Gasteiger partial charge in [-0.3, -0.25) is 10.1 Å². The molecule has 0 aromatic carbocycles. The molecule has 0 spiro atoms. The highest BCUT2D eigenvalue weighted by Crippen LogP contribution is 2.22. The van der Waals surface area contributed by atoms with Crippen molar-refractivity contribution in [3.8, 4) is 0 Å². The van der Waals surface area contributed by atoms with E-state index in [-0.39, 0.29) is 16.5 Å². The Morgan fingerprint density at radius 3 is 3.00 bits per heavy atom. The molecule has 17 heavy (non-hydrogen) atoms. The van der Waals surface area contributed by atoms with Crippen LogP contribution in [0.3, 0.4) is 0 Å². The second kappa shape index (κ2) is 7.37. The molecular weight excluding hydrogens is 240 g/mol. The van der Waals surface area contributed by atoms with Crippen molar-refractivity contribution >= 4 is 16.3 Å². The van der Waals surface area contributed by atoms with Gasteiger partial charge in [-0.2, -0.15) is 0 Å². The SMILES string of the molecule is CC(CO)CCCNCc1csc([N+](=O)[O-])c1. The van der Waals surface area contributed by atoms with Gasteiger partial charge in [0.25, 0.3) is 0 Å². The first-order chi connectivity index (χ1) is 8.13. The summed E-state index contributed by atoms with van der Waals surface area (Å²) >= 11 is 1.16. The molecule has 0 aliphatic rings. The van der Waals surface area contributed by atoms with E-state index in [1.807, 2.05) is 12.3 Å². The molecule has 0 fully saturated rings. The van der Waals surface area contributed by atoms with E-state index in [2.05, 4.69) is 5.32 Å². The van der Waals surface area contributed by atoms with Crippen molar-refractivity contribution in [2.45, 2.75) is 26.3 Å². The van der Waals surface area contributed by atoms with Crippen molar-refractivity contribution in [3.63, 3.8) is 0 Å². The summed E-state index contributed by atoms with van der Waals surface area (Å²) in [5.74, 6) is 0.346. The van der Waals surface area contributed by atoms with Crippen molar-refractivity contribution in [2.75, 3.05) is 13.2 Å². The Hall–Kier alpha value is -0.980. The van der Waals surface area contributed by atoms with Crippen LogP contribution in [0.1, 0.15) is 25.3 Å². The molecule has 96 valence electrons. The van der Waals surface area contributed by atoms with Crippen LogP contribution in [0.2, 0.25) is 0 Å². The number of nitro groups is 1. The minimum Gasteiger partial charge on any atom is -0.396 e. The fourth-order valence-corrected chi connectivity index (χ4v) is 2.18. The summed E-state index contributed by atoms with van der Waals surface area (Å²) in [6.45, 7) is 3.78. The second-order valence-corrected chi connectivity index (χ2v) is 5.05. The topological polar surface area (TPSA) is 75.4 Å². The van der Waals surface area contributed by atoms with Crippen molar-refractivity contribution in [2.24, 2.45) is 5.92 Å². The number of aliphatic hydroxyl groups is 1. The molecule has 0 radical (unpaired) electrons. The van der Waals surface area contributed by atoms with Gasteiger partial charge in [0.05, 0.1) is 4.92 Å². The summed E-state index contributed by atoms with van der Waals surface area (Å²) in [5, 5.41) is 24.5. The van der Waals surface area contributed by atoms with E-state index >= 15 is 0 Å². The van der Waals surface area contributed by atoms with Gasteiger partial charge in [-0.25, -0.2) is 0 Å². The van der Waals surface area contributed by atoms with E-state index in [0.717, 1.165) is 36.3 Å². The van der Waals surface area contributed by atoms with Crippen LogP contribution in [0.4, 0.5) is 5.00 Å². The van der Waals surface area contributed by atoms with Gasteiger partial charge in [-0.05, 0) is 30.9 Å². The summed E-state index contributed by atoms with van der Waals surface area (Å²) in [4.78, 5) is 10.1. The van der Waals surface area contributed by atoms with Gasteiger partial charge in [0.1, 0.15) is 0 Å². The lowest BCUT2D eigenvalue weighted by Gasteiger charge is -2.07. The number of aliphatic hydroxyl groups excluding tert-OH is 1. The molecule has 1 aromatic heterocycles. The molecule has 6 heteroatoms. The van der Waals surface area contributed by atoms with Crippen LogP contribution in [0, 0.1) is 16.0 Å². The van der Waals surface area contributed by atoms with Crippen molar-refractivity contribution in [1.82, 2.24) is 5.32 Å². The van der Waals surface area contributed by atoms with Gasteiger partial charge in [0.15, 0.2) is 0 Å². The third-order valence-corrected chi connectivity index (χ3v) is 3.44. The Balaban J connectivity index is 2.15. The number of nitrogens with one attached hydrogen (secondary N) is 1. The molecule has 0 amide bonds. The van der Waals surface area contributed by atoms with Crippen molar-refractivity contribution in [3.05, 3.63) is 27.1 Å². The van der Waals surface area contributed by atoms with Crippen molar-refractivity contribution < 1.29 is 10.0 Å². The number of rotatable bonds is 8. The molecule has 0 bridgehead atoms. The molecular formula is C11H18N2O3S. The number of nitrogens with zero attached hydrogens (tertiary/aromatic N) is 1. The maximum absolute atomic E-state index is 10.5. The molecule has 1 unspecified atom stereocenters. The van der Waals surface area contributed by atoms with Crippen LogP contribution in [0.5, 0.6) is 0 Å².